The normalized spacial score (nSPS) is 11.1. The maximum Gasteiger partial charge on any atom is 0.292 e. The Hall–Kier alpha value is -2.41. The van der Waals surface area contributed by atoms with E-state index in [-0.39, 0.29) is 0 Å². The smallest absolute Gasteiger partial charge is 0.292 e. The van der Waals surface area contributed by atoms with Gasteiger partial charge in [-0.1, -0.05) is 18.2 Å². The highest BCUT2D eigenvalue weighted by atomic mass is 16.2. The van der Waals surface area contributed by atoms with Crippen molar-refractivity contribution in [2.45, 2.75) is 26.3 Å². The van der Waals surface area contributed by atoms with E-state index in [4.69, 9.17) is 5.26 Å². The molecule has 1 amide bonds. The Labute approximate surface area is 112 Å². The third kappa shape index (κ3) is 5.17. The van der Waals surface area contributed by atoms with Crippen LogP contribution in [0.5, 0.6) is 0 Å². The van der Waals surface area contributed by atoms with Gasteiger partial charge >= 0.3 is 0 Å². The van der Waals surface area contributed by atoms with Crippen molar-refractivity contribution in [3.8, 4) is 6.07 Å². The Morgan fingerprint density at radius 3 is 2.26 bits per heavy atom. The topological polar surface area (TPSA) is 70.0 Å². The molecule has 1 aromatic carbocycles. The molecule has 1 N–H and O–H groups in total. The second kappa shape index (κ2) is 5.96. The van der Waals surface area contributed by atoms with Crippen LogP contribution in [0.15, 0.2) is 30.3 Å². The van der Waals surface area contributed by atoms with Gasteiger partial charge in [0.15, 0.2) is 0 Å². The van der Waals surface area contributed by atoms with E-state index in [1.807, 2.05) is 26.8 Å². The summed E-state index contributed by atoms with van der Waals surface area (Å²) in [7, 11) is 0. The average Bonchev–Trinajstić information content (AvgIpc) is 2.34. The second-order valence-electron chi connectivity index (χ2n) is 5.14. The fourth-order valence-corrected chi connectivity index (χ4v) is 1.32. The van der Waals surface area contributed by atoms with Crippen LogP contribution >= 0.6 is 0 Å². The van der Waals surface area contributed by atoms with Gasteiger partial charge in [0.1, 0.15) is 0 Å². The first-order valence-corrected chi connectivity index (χ1v) is 5.86. The number of hydrogen-bond acceptors (Lipinski definition) is 3. The Morgan fingerprint density at radius 2 is 1.79 bits per heavy atom. The molecule has 0 radical (unpaired) electrons. The van der Waals surface area contributed by atoms with Crippen molar-refractivity contribution in [3.05, 3.63) is 41.5 Å². The number of nitrogens with zero attached hydrogens (tertiary/aromatic N) is 1. The molecular formula is C15H16N2O2. The van der Waals surface area contributed by atoms with Gasteiger partial charge < -0.3 is 5.32 Å². The Balaban J connectivity index is 2.68. The summed E-state index contributed by atoms with van der Waals surface area (Å²) in [6.07, 6.45) is 2.77. The van der Waals surface area contributed by atoms with Crippen molar-refractivity contribution in [3.63, 3.8) is 0 Å². The van der Waals surface area contributed by atoms with Gasteiger partial charge in [0.2, 0.25) is 5.78 Å². The Morgan fingerprint density at radius 1 is 1.21 bits per heavy atom. The fourth-order valence-electron chi connectivity index (χ4n) is 1.32. The van der Waals surface area contributed by atoms with Crippen LogP contribution in [0.3, 0.4) is 0 Å². The lowest BCUT2D eigenvalue weighted by atomic mass is 10.1. The zero-order valence-corrected chi connectivity index (χ0v) is 11.2. The molecule has 0 aliphatic rings. The molecule has 0 saturated carbocycles. The first-order valence-electron chi connectivity index (χ1n) is 5.86. The number of amides is 1. The molecule has 0 saturated heterocycles. The molecule has 0 bridgehead atoms. The van der Waals surface area contributed by atoms with Crippen molar-refractivity contribution >= 4 is 17.8 Å². The molecule has 98 valence electrons. The summed E-state index contributed by atoms with van der Waals surface area (Å²) in [4.78, 5) is 23.1. The van der Waals surface area contributed by atoms with Gasteiger partial charge in [-0.3, -0.25) is 9.59 Å². The maximum atomic E-state index is 11.6. The summed E-state index contributed by atoms with van der Waals surface area (Å²) < 4.78 is 0. The highest BCUT2D eigenvalue weighted by molar-refractivity contribution is 6.41. The van der Waals surface area contributed by atoms with E-state index >= 15 is 0 Å². The van der Waals surface area contributed by atoms with Crippen LogP contribution in [-0.4, -0.2) is 17.2 Å². The van der Waals surface area contributed by atoms with Crippen LogP contribution in [0.1, 0.15) is 31.9 Å². The van der Waals surface area contributed by atoms with Gasteiger partial charge in [-0.05, 0) is 44.5 Å². The van der Waals surface area contributed by atoms with Crippen LogP contribution in [0, 0.1) is 11.3 Å². The number of ketones is 1. The number of rotatable bonds is 3. The van der Waals surface area contributed by atoms with E-state index in [2.05, 4.69) is 5.32 Å². The molecule has 0 heterocycles. The van der Waals surface area contributed by atoms with Crippen molar-refractivity contribution in [1.29, 1.82) is 5.26 Å². The molecule has 1 aromatic rings. The molecule has 0 atom stereocenters. The van der Waals surface area contributed by atoms with Crippen molar-refractivity contribution in [2.75, 3.05) is 0 Å². The van der Waals surface area contributed by atoms with Crippen LogP contribution in [0.25, 0.3) is 6.08 Å². The van der Waals surface area contributed by atoms with E-state index in [1.165, 1.54) is 6.08 Å². The molecule has 0 aliphatic carbocycles. The molecule has 0 aliphatic heterocycles. The van der Waals surface area contributed by atoms with E-state index < -0.39 is 17.2 Å². The Bertz CT molecular complexity index is 543. The fraction of sp³-hybridized carbons (Fsp3) is 0.267. The number of nitriles is 1. The van der Waals surface area contributed by atoms with E-state index in [1.54, 1.807) is 30.3 Å². The molecule has 1 rings (SSSR count). The zero-order chi connectivity index (χ0) is 14.5. The molecule has 0 unspecified atom stereocenters. The molecule has 0 spiro atoms. The summed E-state index contributed by atoms with van der Waals surface area (Å²) in [5.74, 6) is -1.23. The van der Waals surface area contributed by atoms with Gasteiger partial charge in [0.25, 0.3) is 5.91 Å². The van der Waals surface area contributed by atoms with Gasteiger partial charge in [0, 0.05) is 5.54 Å². The van der Waals surface area contributed by atoms with Crippen LogP contribution in [0.2, 0.25) is 0 Å². The minimum absolute atomic E-state index is 0.435. The van der Waals surface area contributed by atoms with Crippen LogP contribution < -0.4 is 5.32 Å². The third-order valence-electron chi connectivity index (χ3n) is 2.18. The number of carbonyl (C=O) groups is 2. The van der Waals surface area contributed by atoms with Gasteiger partial charge in [0.05, 0.1) is 11.6 Å². The molecule has 4 nitrogen and oxygen atoms in total. The zero-order valence-electron chi connectivity index (χ0n) is 11.2. The number of benzene rings is 1. The van der Waals surface area contributed by atoms with Crippen molar-refractivity contribution < 1.29 is 9.59 Å². The lowest BCUT2D eigenvalue weighted by Gasteiger charge is -2.19. The number of hydrogen-bond donors (Lipinski definition) is 1. The monoisotopic (exact) mass is 256 g/mol. The van der Waals surface area contributed by atoms with Gasteiger partial charge in [-0.25, -0.2) is 0 Å². The molecule has 19 heavy (non-hydrogen) atoms. The summed E-state index contributed by atoms with van der Waals surface area (Å²) in [6.45, 7) is 5.42. The first kappa shape index (κ1) is 14.7. The SMILES string of the molecule is CC(C)(C)NC(=O)C(=O)/C=C/c1ccc(C#N)cc1. The first-order chi connectivity index (χ1) is 8.81. The van der Waals surface area contributed by atoms with E-state index in [0.717, 1.165) is 5.56 Å². The van der Waals surface area contributed by atoms with E-state index in [0.29, 0.717) is 5.56 Å². The van der Waals surface area contributed by atoms with Crippen LogP contribution in [-0.2, 0) is 9.59 Å². The lowest BCUT2D eigenvalue weighted by molar-refractivity contribution is -0.136. The minimum atomic E-state index is -0.627. The summed E-state index contributed by atoms with van der Waals surface area (Å²) >= 11 is 0. The lowest BCUT2D eigenvalue weighted by Crippen LogP contribution is -2.43. The van der Waals surface area contributed by atoms with Gasteiger partial charge in [-0.15, -0.1) is 0 Å². The molecule has 0 aromatic heterocycles. The summed E-state index contributed by atoms with van der Waals surface area (Å²) in [6, 6.07) is 8.74. The maximum absolute atomic E-state index is 11.6. The predicted molar refractivity (Wildman–Crippen MR) is 73.1 cm³/mol. The molecule has 0 fully saturated rings. The average molecular weight is 256 g/mol. The largest absolute Gasteiger partial charge is 0.345 e. The van der Waals surface area contributed by atoms with Gasteiger partial charge in [-0.2, -0.15) is 5.26 Å². The highest BCUT2D eigenvalue weighted by Gasteiger charge is 2.17. The van der Waals surface area contributed by atoms with Crippen molar-refractivity contribution in [1.82, 2.24) is 5.32 Å². The second-order valence-corrected chi connectivity index (χ2v) is 5.14. The highest BCUT2D eigenvalue weighted by Crippen LogP contribution is 2.05. The standard InChI is InChI=1S/C15H16N2O2/c1-15(2,3)17-14(19)13(18)9-8-11-4-6-12(10-16)7-5-11/h4-9H,1-3H3,(H,17,19)/b9-8+. The summed E-state index contributed by atoms with van der Waals surface area (Å²) in [5.41, 5.74) is 0.875. The quantitative estimate of drug-likeness (QED) is 0.664. The summed E-state index contributed by atoms with van der Waals surface area (Å²) in [5, 5.41) is 11.2. The third-order valence-corrected chi connectivity index (χ3v) is 2.18. The predicted octanol–water partition coefficient (Wildman–Crippen LogP) is 2.06. The molecule has 4 heteroatoms. The Kier molecular flexibility index (Phi) is 4.60. The number of carbonyl (C=O) groups excluding carboxylic acids is 2. The molecular weight excluding hydrogens is 240 g/mol. The van der Waals surface area contributed by atoms with E-state index in [9.17, 15) is 9.59 Å². The number of nitrogens with one attached hydrogen (secondary N) is 1. The van der Waals surface area contributed by atoms with Crippen molar-refractivity contribution in [2.24, 2.45) is 0 Å². The minimum Gasteiger partial charge on any atom is -0.345 e. The van der Waals surface area contributed by atoms with Crippen LogP contribution in [0.4, 0.5) is 0 Å².